The number of carbonyl (C=O) groups is 3. The first kappa shape index (κ1) is 16.5. The van der Waals surface area contributed by atoms with Crippen molar-refractivity contribution in [3.63, 3.8) is 0 Å². The molecule has 0 bridgehead atoms. The molecule has 1 fully saturated rings. The zero-order valence-electron chi connectivity index (χ0n) is 12.3. The van der Waals surface area contributed by atoms with E-state index in [-0.39, 0.29) is 36.6 Å². The maximum absolute atomic E-state index is 11.7. The number of carbonyl (C=O) groups excluding carboxylic acids is 2. The first-order chi connectivity index (χ1) is 9.36. The van der Waals surface area contributed by atoms with Gasteiger partial charge in [0.05, 0.1) is 0 Å². The molecule has 0 heterocycles. The van der Waals surface area contributed by atoms with Crippen LogP contribution in [0.15, 0.2) is 0 Å². The second kappa shape index (κ2) is 7.26. The van der Waals surface area contributed by atoms with E-state index in [0.717, 1.165) is 6.42 Å². The van der Waals surface area contributed by atoms with Crippen LogP contribution >= 0.6 is 0 Å². The lowest BCUT2D eigenvalue weighted by atomic mass is 9.99. The van der Waals surface area contributed by atoms with Crippen LogP contribution in [0, 0.1) is 17.8 Å². The highest BCUT2D eigenvalue weighted by Crippen LogP contribution is 2.37. The molecule has 114 valence electrons. The van der Waals surface area contributed by atoms with E-state index in [1.54, 1.807) is 6.92 Å². The van der Waals surface area contributed by atoms with Gasteiger partial charge in [0.15, 0.2) is 0 Å². The molecule has 1 aliphatic carbocycles. The Morgan fingerprint density at radius 3 is 2.40 bits per heavy atom. The van der Waals surface area contributed by atoms with Crippen LogP contribution in [-0.4, -0.2) is 35.5 Å². The highest BCUT2D eigenvalue weighted by molar-refractivity contribution is 5.85. The molecular weight excluding hydrogens is 260 g/mol. The predicted octanol–water partition coefficient (Wildman–Crippen LogP) is 0.764. The van der Waals surface area contributed by atoms with Gasteiger partial charge in [-0.2, -0.15) is 0 Å². The van der Waals surface area contributed by atoms with Gasteiger partial charge in [-0.1, -0.05) is 27.2 Å². The van der Waals surface area contributed by atoms with Gasteiger partial charge in [-0.05, 0) is 18.3 Å². The van der Waals surface area contributed by atoms with Crippen molar-refractivity contribution in [2.45, 2.75) is 46.1 Å². The van der Waals surface area contributed by atoms with E-state index in [0.29, 0.717) is 12.3 Å². The van der Waals surface area contributed by atoms with Crippen LogP contribution in [0.3, 0.4) is 0 Å². The highest BCUT2D eigenvalue weighted by atomic mass is 16.4. The summed E-state index contributed by atoms with van der Waals surface area (Å²) in [7, 11) is 0. The Morgan fingerprint density at radius 1 is 1.35 bits per heavy atom. The van der Waals surface area contributed by atoms with Crippen molar-refractivity contribution in [1.29, 1.82) is 0 Å². The van der Waals surface area contributed by atoms with Crippen molar-refractivity contribution in [3.8, 4) is 0 Å². The number of nitrogens with one attached hydrogen (secondary N) is 2. The molecule has 2 amide bonds. The quantitative estimate of drug-likeness (QED) is 0.613. The third-order valence-corrected chi connectivity index (χ3v) is 3.89. The molecule has 0 aromatic rings. The molecule has 0 aliphatic heterocycles. The SMILES string of the molecule is CC[C@H](C)[C@H](NC(=O)CCNC(=O)C1CC1C)C(=O)O. The molecule has 6 heteroatoms. The third kappa shape index (κ3) is 4.83. The van der Waals surface area contributed by atoms with Crippen molar-refractivity contribution in [3.05, 3.63) is 0 Å². The molecule has 0 radical (unpaired) electrons. The summed E-state index contributed by atoms with van der Waals surface area (Å²) in [5, 5.41) is 14.3. The summed E-state index contributed by atoms with van der Waals surface area (Å²) in [6.07, 6.45) is 1.69. The molecule has 0 spiro atoms. The molecule has 4 atom stereocenters. The first-order valence-electron chi connectivity index (χ1n) is 7.16. The fraction of sp³-hybridized carbons (Fsp3) is 0.786. The predicted molar refractivity (Wildman–Crippen MR) is 73.9 cm³/mol. The molecule has 0 saturated heterocycles. The molecule has 20 heavy (non-hydrogen) atoms. The van der Waals surface area contributed by atoms with Gasteiger partial charge < -0.3 is 15.7 Å². The van der Waals surface area contributed by atoms with E-state index in [4.69, 9.17) is 5.11 Å². The summed E-state index contributed by atoms with van der Waals surface area (Å²) >= 11 is 0. The van der Waals surface area contributed by atoms with Crippen molar-refractivity contribution in [2.24, 2.45) is 17.8 Å². The van der Waals surface area contributed by atoms with Crippen LogP contribution in [0.4, 0.5) is 0 Å². The fourth-order valence-corrected chi connectivity index (χ4v) is 2.05. The molecule has 1 saturated carbocycles. The molecule has 2 unspecified atom stereocenters. The van der Waals surface area contributed by atoms with Gasteiger partial charge >= 0.3 is 5.97 Å². The molecule has 0 aromatic carbocycles. The van der Waals surface area contributed by atoms with Crippen LogP contribution < -0.4 is 10.6 Å². The van der Waals surface area contributed by atoms with E-state index >= 15 is 0 Å². The van der Waals surface area contributed by atoms with Crippen molar-refractivity contribution < 1.29 is 19.5 Å². The normalized spacial score (nSPS) is 23.6. The van der Waals surface area contributed by atoms with Crippen molar-refractivity contribution in [1.82, 2.24) is 10.6 Å². The van der Waals surface area contributed by atoms with Gasteiger partial charge in [-0.3, -0.25) is 9.59 Å². The zero-order chi connectivity index (χ0) is 15.3. The van der Waals surface area contributed by atoms with Crippen LogP contribution in [-0.2, 0) is 14.4 Å². The largest absolute Gasteiger partial charge is 0.480 e. The minimum absolute atomic E-state index is 0.0120. The molecule has 1 aliphatic rings. The Hall–Kier alpha value is -1.59. The van der Waals surface area contributed by atoms with E-state index < -0.39 is 12.0 Å². The summed E-state index contributed by atoms with van der Waals surface area (Å²) in [6.45, 7) is 5.93. The summed E-state index contributed by atoms with van der Waals surface area (Å²) in [5.41, 5.74) is 0. The summed E-state index contributed by atoms with van der Waals surface area (Å²) < 4.78 is 0. The van der Waals surface area contributed by atoms with Gasteiger partial charge in [-0.25, -0.2) is 4.79 Å². The molecule has 0 aromatic heterocycles. The van der Waals surface area contributed by atoms with Gasteiger partial charge in [-0.15, -0.1) is 0 Å². The monoisotopic (exact) mass is 284 g/mol. The van der Waals surface area contributed by atoms with Crippen molar-refractivity contribution >= 4 is 17.8 Å². The second-order valence-corrected chi connectivity index (χ2v) is 5.63. The average molecular weight is 284 g/mol. The molecule has 1 rings (SSSR count). The number of amides is 2. The lowest BCUT2D eigenvalue weighted by molar-refractivity contribution is -0.143. The number of hydrogen-bond acceptors (Lipinski definition) is 3. The van der Waals surface area contributed by atoms with E-state index in [1.807, 2.05) is 13.8 Å². The molecule has 3 N–H and O–H groups in total. The van der Waals surface area contributed by atoms with Crippen LogP contribution in [0.25, 0.3) is 0 Å². The summed E-state index contributed by atoms with van der Waals surface area (Å²) in [4.78, 5) is 34.3. The number of carboxylic acids is 1. The van der Waals surface area contributed by atoms with Gasteiger partial charge in [0.25, 0.3) is 0 Å². The number of carboxylic acid groups (broad SMARTS) is 1. The summed E-state index contributed by atoms with van der Waals surface area (Å²) in [5.74, 6) is -0.985. The Labute approximate surface area is 119 Å². The summed E-state index contributed by atoms with van der Waals surface area (Å²) in [6, 6.07) is -0.869. The highest BCUT2D eigenvalue weighted by Gasteiger charge is 2.38. The lowest BCUT2D eigenvalue weighted by Crippen LogP contribution is -2.45. The van der Waals surface area contributed by atoms with Crippen LogP contribution in [0.2, 0.25) is 0 Å². The first-order valence-corrected chi connectivity index (χ1v) is 7.16. The average Bonchev–Trinajstić information content (AvgIpc) is 3.11. The van der Waals surface area contributed by atoms with Gasteiger partial charge in [0.2, 0.25) is 11.8 Å². The van der Waals surface area contributed by atoms with E-state index in [1.165, 1.54) is 0 Å². The second-order valence-electron chi connectivity index (χ2n) is 5.63. The molecular formula is C14H24N2O4. The smallest absolute Gasteiger partial charge is 0.326 e. The topological polar surface area (TPSA) is 95.5 Å². The number of aliphatic carboxylic acids is 1. The van der Waals surface area contributed by atoms with Crippen LogP contribution in [0.5, 0.6) is 0 Å². The Morgan fingerprint density at radius 2 is 1.95 bits per heavy atom. The van der Waals surface area contributed by atoms with E-state index in [2.05, 4.69) is 10.6 Å². The minimum Gasteiger partial charge on any atom is -0.480 e. The van der Waals surface area contributed by atoms with Gasteiger partial charge in [0.1, 0.15) is 6.04 Å². The Bertz CT molecular complexity index is 383. The maximum Gasteiger partial charge on any atom is 0.326 e. The Kier molecular flexibility index (Phi) is 5.98. The lowest BCUT2D eigenvalue weighted by Gasteiger charge is -2.20. The minimum atomic E-state index is -1.02. The third-order valence-electron chi connectivity index (χ3n) is 3.89. The zero-order valence-corrected chi connectivity index (χ0v) is 12.3. The number of rotatable bonds is 8. The fourth-order valence-electron chi connectivity index (χ4n) is 2.05. The van der Waals surface area contributed by atoms with Gasteiger partial charge in [0, 0.05) is 18.9 Å². The van der Waals surface area contributed by atoms with Crippen molar-refractivity contribution in [2.75, 3.05) is 6.54 Å². The van der Waals surface area contributed by atoms with E-state index in [9.17, 15) is 14.4 Å². The molecule has 6 nitrogen and oxygen atoms in total. The standard InChI is InChI=1S/C14H24N2O4/c1-4-8(2)12(14(19)20)16-11(17)5-6-15-13(18)10-7-9(10)3/h8-10,12H,4-7H2,1-3H3,(H,15,18)(H,16,17)(H,19,20)/t8-,9?,10?,12-/m0/s1. The number of hydrogen-bond donors (Lipinski definition) is 3. The van der Waals surface area contributed by atoms with Crippen LogP contribution in [0.1, 0.15) is 40.0 Å². The maximum atomic E-state index is 11.7. The Balaban J connectivity index is 2.27.